The van der Waals surface area contributed by atoms with Crippen LogP contribution < -0.4 is 0 Å². The molecule has 0 aromatic heterocycles. The zero-order chi connectivity index (χ0) is 14.4. The molecule has 3 heteroatoms. The SMILES string of the molecule is O=Cc1ccc2c(c1)C1(CCOCC1)c1cccc(F)c1-2. The molecule has 0 bridgehead atoms. The zero-order valence-electron chi connectivity index (χ0n) is 11.6. The van der Waals surface area contributed by atoms with Crippen LogP contribution in [0, 0.1) is 5.82 Å². The van der Waals surface area contributed by atoms with Crippen molar-refractivity contribution >= 4 is 6.29 Å². The van der Waals surface area contributed by atoms with Crippen LogP contribution in [0.5, 0.6) is 0 Å². The van der Waals surface area contributed by atoms with E-state index in [1.165, 1.54) is 6.07 Å². The Kier molecular flexibility index (Phi) is 2.73. The van der Waals surface area contributed by atoms with Crippen molar-refractivity contribution in [2.45, 2.75) is 18.3 Å². The van der Waals surface area contributed by atoms with Crippen LogP contribution in [-0.2, 0) is 10.2 Å². The summed E-state index contributed by atoms with van der Waals surface area (Å²) in [5.74, 6) is -0.184. The van der Waals surface area contributed by atoms with E-state index >= 15 is 0 Å². The first kappa shape index (κ1) is 12.7. The number of aldehydes is 1. The molecule has 1 aliphatic carbocycles. The van der Waals surface area contributed by atoms with Gasteiger partial charge < -0.3 is 4.74 Å². The van der Waals surface area contributed by atoms with E-state index in [1.807, 2.05) is 18.2 Å². The van der Waals surface area contributed by atoms with Crippen molar-refractivity contribution in [1.82, 2.24) is 0 Å². The summed E-state index contributed by atoms with van der Waals surface area (Å²) in [5, 5.41) is 0. The summed E-state index contributed by atoms with van der Waals surface area (Å²) < 4.78 is 19.9. The van der Waals surface area contributed by atoms with Gasteiger partial charge in [0.2, 0.25) is 0 Å². The maximum Gasteiger partial charge on any atom is 0.150 e. The molecule has 0 radical (unpaired) electrons. The van der Waals surface area contributed by atoms with Crippen molar-refractivity contribution in [3.63, 3.8) is 0 Å². The van der Waals surface area contributed by atoms with Crippen molar-refractivity contribution in [3.05, 3.63) is 58.9 Å². The summed E-state index contributed by atoms with van der Waals surface area (Å²) >= 11 is 0. The average molecular weight is 282 g/mol. The predicted molar refractivity (Wildman–Crippen MR) is 78.1 cm³/mol. The van der Waals surface area contributed by atoms with Crippen molar-refractivity contribution < 1.29 is 13.9 Å². The number of carbonyl (C=O) groups is 1. The van der Waals surface area contributed by atoms with E-state index in [-0.39, 0.29) is 11.2 Å². The van der Waals surface area contributed by atoms with E-state index in [9.17, 15) is 9.18 Å². The van der Waals surface area contributed by atoms with Gasteiger partial charge in [-0.2, -0.15) is 0 Å². The predicted octanol–water partition coefficient (Wildman–Crippen LogP) is 3.72. The first-order valence-corrected chi connectivity index (χ1v) is 7.23. The smallest absolute Gasteiger partial charge is 0.150 e. The van der Waals surface area contributed by atoms with Gasteiger partial charge in [-0.1, -0.05) is 24.3 Å². The second-order valence-electron chi connectivity index (χ2n) is 5.78. The molecule has 1 heterocycles. The first-order valence-electron chi connectivity index (χ1n) is 7.23. The van der Waals surface area contributed by atoms with Crippen molar-refractivity contribution in [3.8, 4) is 11.1 Å². The van der Waals surface area contributed by atoms with Gasteiger partial charge in [-0.3, -0.25) is 4.79 Å². The Bertz CT molecular complexity index is 730. The second-order valence-corrected chi connectivity index (χ2v) is 5.78. The van der Waals surface area contributed by atoms with Crippen LogP contribution >= 0.6 is 0 Å². The third kappa shape index (κ3) is 1.64. The molecule has 0 amide bonds. The third-order valence-electron chi connectivity index (χ3n) is 4.84. The Hall–Kier alpha value is -2.00. The maximum atomic E-state index is 14.4. The molecule has 0 saturated carbocycles. The van der Waals surface area contributed by atoms with Gasteiger partial charge in [0.1, 0.15) is 12.1 Å². The summed E-state index contributed by atoms with van der Waals surface area (Å²) in [6.07, 6.45) is 2.52. The molecule has 1 aliphatic heterocycles. The number of halogens is 1. The molecule has 21 heavy (non-hydrogen) atoms. The van der Waals surface area contributed by atoms with E-state index in [4.69, 9.17) is 4.74 Å². The monoisotopic (exact) mass is 282 g/mol. The first-order chi connectivity index (χ1) is 10.3. The minimum Gasteiger partial charge on any atom is -0.381 e. The van der Waals surface area contributed by atoms with Gasteiger partial charge in [0.15, 0.2) is 0 Å². The highest BCUT2D eigenvalue weighted by atomic mass is 19.1. The van der Waals surface area contributed by atoms with Gasteiger partial charge in [0.25, 0.3) is 0 Å². The zero-order valence-corrected chi connectivity index (χ0v) is 11.6. The Balaban J connectivity index is 2.05. The second kappa shape index (κ2) is 4.50. The lowest BCUT2D eigenvalue weighted by atomic mass is 9.72. The molecular formula is C18H15FO2. The fourth-order valence-electron chi connectivity index (χ4n) is 3.85. The molecule has 2 aromatic rings. The molecule has 2 aromatic carbocycles. The largest absolute Gasteiger partial charge is 0.381 e. The Morgan fingerprint density at radius 3 is 2.67 bits per heavy atom. The molecule has 0 unspecified atom stereocenters. The lowest BCUT2D eigenvalue weighted by Crippen LogP contribution is -2.33. The molecule has 106 valence electrons. The van der Waals surface area contributed by atoms with Gasteiger partial charge in [0.05, 0.1) is 0 Å². The standard InChI is InChI=1S/C18H15FO2/c19-16-3-1-2-14-17(16)13-5-4-12(11-20)10-15(13)18(14)6-8-21-9-7-18/h1-5,10-11H,6-9H2. The molecule has 2 aliphatic rings. The molecule has 4 rings (SSSR count). The number of benzene rings is 2. The van der Waals surface area contributed by atoms with Crippen molar-refractivity contribution in [2.75, 3.05) is 13.2 Å². The van der Waals surface area contributed by atoms with Crippen molar-refractivity contribution in [1.29, 1.82) is 0 Å². The lowest BCUT2D eigenvalue weighted by Gasteiger charge is -2.35. The maximum absolute atomic E-state index is 14.4. The molecule has 1 fully saturated rings. The van der Waals surface area contributed by atoms with Crippen molar-refractivity contribution in [2.24, 2.45) is 0 Å². The van der Waals surface area contributed by atoms with Gasteiger partial charge in [0, 0.05) is 29.8 Å². The topological polar surface area (TPSA) is 26.3 Å². The Morgan fingerprint density at radius 2 is 1.90 bits per heavy atom. The highest BCUT2D eigenvalue weighted by molar-refractivity contribution is 5.85. The molecule has 2 nitrogen and oxygen atoms in total. The summed E-state index contributed by atoms with van der Waals surface area (Å²) in [4.78, 5) is 11.1. The Labute approximate surface area is 122 Å². The quantitative estimate of drug-likeness (QED) is 0.745. The lowest BCUT2D eigenvalue weighted by molar-refractivity contribution is 0.0643. The van der Waals surface area contributed by atoms with E-state index in [1.54, 1.807) is 12.1 Å². The van der Waals surface area contributed by atoms with Crippen LogP contribution in [-0.4, -0.2) is 19.5 Å². The van der Waals surface area contributed by atoms with Crippen LogP contribution in [0.3, 0.4) is 0 Å². The van der Waals surface area contributed by atoms with Crippen LogP contribution in [0.4, 0.5) is 4.39 Å². The molecular weight excluding hydrogens is 267 g/mol. The van der Waals surface area contributed by atoms with Crippen LogP contribution in [0.2, 0.25) is 0 Å². The van der Waals surface area contributed by atoms with E-state index in [0.717, 1.165) is 35.8 Å². The number of hydrogen-bond donors (Lipinski definition) is 0. The minimum atomic E-state index is -0.204. The molecule has 0 N–H and O–H groups in total. The van der Waals surface area contributed by atoms with Gasteiger partial charge in [-0.15, -0.1) is 0 Å². The van der Waals surface area contributed by atoms with Gasteiger partial charge in [-0.05, 0) is 41.7 Å². The summed E-state index contributed by atoms with van der Waals surface area (Å²) in [6.45, 7) is 1.33. The minimum absolute atomic E-state index is 0.184. The number of rotatable bonds is 1. The van der Waals surface area contributed by atoms with E-state index in [2.05, 4.69) is 0 Å². The number of hydrogen-bond acceptors (Lipinski definition) is 2. The molecule has 0 atom stereocenters. The van der Waals surface area contributed by atoms with E-state index in [0.29, 0.717) is 24.3 Å². The fourth-order valence-corrected chi connectivity index (χ4v) is 3.85. The molecule has 1 saturated heterocycles. The van der Waals surface area contributed by atoms with Crippen LogP contribution in [0.15, 0.2) is 36.4 Å². The number of ether oxygens (including phenoxy) is 1. The summed E-state index contributed by atoms with van der Waals surface area (Å²) in [6, 6.07) is 10.9. The third-order valence-corrected chi connectivity index (χ3v) is 4.84. The summed E-state index contributed by atoms with van der Waals surface area (Å²) in [7, 11) is 0. The average Bonchev–Trinajstić information content (AvgIpc) is 2.79. The van der Waals surface area contributed by atoms with Gasteiger partial charge >= 0.3 is 0 Å². The molecule has 1 spiro atoms. The fraction of sp³-hybridized carbons (Fsp3) is 0.278. The summed E-state index contributed by atoms with van der Waals surface area (Å²) in [5.41, 5.74) is 4.19. The van der Waals surface area contributed by atoms with E-state index < -0.39 is 0 Å². The number of carbonyl (C=O) groups excluding carboxylic acids is 1. The highest BCUT2D eigenvalue weighted by Crippen LogP contribution is 2.54. The van der Waals surface area contributed by atoms with Crippen LogP contribution in [0.1, 0.15) is 34.3 Å². The van der Waals surface area contributed by atoms with Crippen LogP contribution in [0.25, 0.3) is 11.1 Å². The number of fused-ring (bicyclic) bond motifs is 5. The van der Waals surface area contributed by atoms with Gasteiger partial charge in [-0.25, -0.2) is 4.39 Å². The highest BCUT2D eigenvalue weighted by Gasteiger charge is 2.45. The normalized spacial score (nSPS) is 18.3. The Morgan fingerprint density at radius 1 is 1.10 bits per heavy atom.